The lowest BCUT2D eigenvalue weighted by Gasteiger charge is -2.57. The molecule has 4 aliphatic rings. The van der Waals surface area contributed by atoms with Gasteiger partial charge in [-0.05, 0) is 110 Å². The van der Waals surface area contributed by atoms with E-state index in [1.807, 2.05) is 12.1 Å². The van der Waals surface area contributed by atoms with E-state index in [-0.39, 0.29) is 16.5 Å². The topological polar surface area (TPSA) is 66.8 Å². The van der Waals surface area contributed by atoms with Crippen molar-refractivity contribution in [2.75, 3.05) is 0 Å². The highest BCUT2D eigenvalue weighted by Gasteiger charge is 2.52. The molecule has 2 aromatic carbocycles. The Morgan fingerprint density at radius 2 is 1.50 bits per heavy atom. The zero-order valence-corrected chi connectivity index (χ0v) is 18.3. The minimum atomic E-state index is -4.33. The molecule has 0 heterocycles. The second kappa shape index (κ2) is 6.91. The van der Waals surface area contributed by atoms with E-state index in [0.29, 0.717) is 22.6 Å². The molecule has 0 amide bonds. The summed E-state index contributed by atoms with van der Waals surface area (Å²) in [5.74, 6) is 2.99. The van der Waals surface area contributed by atoms with Gasteiger partial charge in [0.15, 0.2) is 0 Å². The Morgan fingerprint density at radius 1 is 0.967 bits per heavy atom. The molecule has 0 saturated heterocycles. The molecule has 160 valence electrons. The Labute approximate surface area is 176 Å². The Bertz CT molecular complexity index is 999. The van der Waals surface area contributed by atoms with Crippen LogP contribution in [0.4, 0.5) is 4.39 Å². The van der Waals surface area contributed by atoms with E-state index in [1.165, 1.54) is 37.5 Å². The lowest BCUT2D eigenvalue weighted by Crippen LogP contribution is -2.48. The first-order valence-corrected chi connectivity index (χ1v) is 12.4. The van der Waals surface area contributed by atoms with Gasteiger partial charge in [0, 0.05) is 6.07 Å². The molecule has 4 aliphatic carbocycles. The number of ether oxygens (including phenoxy) is 1. The van der Waals surface area contributed by atoms with Gasteiger partial charge in [-0.2, -0.15) is 0 Å². The minimum absolute atomic E-state index is 0.00570. The average molecular weight is 430 g/mol. The van der Waals surface area contributed by atoms with Crippen LogP contribution in [0.1, 0.15) is 55.2 Å². The van der Waals surface area contributed by atoms with Crippen molar-refractivity contribution in [3.63, 3.8) is 0 Å². The SMILES string of the molecule is Cc1cc(P(=O)(O)O)cc(C)c1Oc1ccc(C23CC4CC(CC(C4)C2)C3)c(F)c1. The third-order valence-electron chi connectivity index (χ3n) is 7.55. The Balaban J connectivity index is 1.43. The van der Waals surface area contributed by atoms with Gasteiger partial charge in [0.2, 0.25) is 0 Å². The van der Waals surface area contributed by atoms with Crippen molar-refractivity contribution in [3.05, 3.63) is 52.8 Å². The number of benzene rings is 2. The molecule has 4 fully saturated rings. The molecular formula is C24H28FO4P. The molecule has 6 heteroatoms. The first-order valence-electron chi connectivity index (χ1n) is 10.8. The summed E-state index contributed by atoms with van der Waals surface area (Å²) >= 11 is 0. The van der Waals surface area contributed by atoms with E-state index < -0.39 is 7.60 Å². The van der Waals surface area contributed by atoms with Gasteiger partial charge in [-0.25, -0.2) is 4.39 Å². The quantitative estimate of drug-likeness (QED) is 0.628. The predicted molar refractivity (Wildman–Crippen MR) is 114 cm³/mol. The molecule has 4 saturated carbocycles. The number of rotatable bonds is 4. The van der Waals surface area contributed by atoms with E-state index in [1.54, 1.807) is 13.8 Å². The highest BCUT2D eigenvalue weighted by molar-refractivity contribution is 7.60. The standard InChI is InChI=1S/C24H28FO4P/c1-14-5-20(30(26,27)28)6-15(2)23(14)29-19-3-4-21(22(25)10-19)24-11-16-7-17(12-24)9-18(8-16)13-24/h3-6,10,16-18H,7-9,11-13H2,1-2H3,(H2,26,27,28). The summed E-state index contributed by atoms with van der Waals surface area (Å²) in [4.78, 5) is 18.8. The molecule has 2 N–H and O–H groups in total. The van der Waals surface area contributed by atoms with Gasteiger partial charge >= 0.3 is 7.60 Å². The smallest absolute Gasteiger partial charge is 0.356 e. The molecule has 4 bridgehead atoms. The van der Waals surface area contributed by atoms with Crippen LogP contribution in [0, 0.1) is 37.4 Å². The largest absolute Gasteiger partial charge is 0.457 e. The summed E-state index contributed by atoms with van der Waals surface area (Å²) in [5.41, 5.74) is 2.06. The maximum absolute atomic E-state index is 15.3. The maximum atomic E-state index is 15.3. The molecule has 0 unspecified atom stereocenters. The van der Waals surface area contributed by atoms with Crippen LogP contribution in [-0.2, 0) is 9.98 Å². The van der Waals surface area contributed by atoms with Crippen molar-refractivity contribution in [1.82, 2.24) is 0 Å². The lowest BCUT2D eigenvalue weighted by molar-refractivity contribution is -0.00676. The average Bonchev–Trinajstić information content (AvgIpc) is 2.62. The molecule has 0 radical (unpaired) electrons. The van der Waals surface area contributed by atoms with Gasteiger partial charge in [-0.15, -0.1) is 0 Å². The number of hydrogen-bond donors (Lipinski definition) is 2. The maximum Gasteiger partial charge on any atom is 0.356 e. The van der Waals surface area contributed by atoms with Crippen LogP contribution in [0.25, 0.3) is 0 Å². The molecule has 0 spiro atoms. The van der Waals surface area contributed by atoms with E-state index in [2.05, 4.69) is 0 Å². The predicted octanol–water partition coefficient (Wildman–Crippen LogP) is 5.51. The summed E-state index contributed by atoms with van der Waals surface area (Å²) in [6, 6.07) is 8.09. The van der Waals surface area contributed by atoms with Crippen molar-refractivity contribution >= 4 is 12.9 Å². The zero-order chi connectivity index (χ0) is 21.3. The molecule has 0 aromatic heterocycles. The van der Waals surface area contributed by atoms with Gasteiger partial charge < -0.3 is 14.5 Å². The summed E-state index contributed by atoms with van der Waals surface area (Å²) in [6.45, 7) is 3.48. The Hall–Kier alpha value is -1.68. The van der Waals surface area contributed by atoms with Crippen molar-refractivity contribution in [2.45, 2.75) is 57.8 Å². The van der Waals surface area contributed by atoms with E-state index in [0.717, 1.165) is 42.6 Å². The number of aryl methyl sites for hydroxylation is 2. The van der Waals surface area contributed by atoms with Crippen LogP contribution < -0.4 is 10.0 Å². The number of hydrogen-bond acceptors (Lipinski definition) is 2. The van der Waals surface area contributed by atoms with Crippen molar-refractivity contribution in [2.24, 2.45) is 17.8 Å². The van der Waals surface area contributed by atoms with E-state index in [9.17, 15) is 14.4 Å². The number of halogens is 1. The fourth-order valence-corrected chi connectivity index (χ4v) is 7.53. The second-order valence-corrected chi connectivity index (χ2v) is 11.5. The van der Waals surface area contributed by atoms with Gasteiger partial charge in [0.1, 0.15) is 17.3 Å². The van der Waals surface area contributed by atoms with Gasteiger partial charge in [-0.3, -0.25) is 4.57 Å². The summed E-state index contributed by atoms with van der Waals surface area (Å²) in [5, 5.41) is -0.0341. The molecule has 6 rings (SSSR count). The van der Waals surface area contributed by atoms with E-state index >= 15 is 4.39 Å². The lowest BCUT2D eigenvalue weighted by atomic mass is 9.48. The molecule has 2 aromatic rings. The molecule has 0 aliphatic heterocycles. The molecule has 0 atom stereocenters. The van der Waals surface area contributed by atoms with Crippen LogP contribution >= 0.6 is 7.60 Å². The van der Waals surface area contributed by atoms with Gasteiger partial charge in [-0.1, -0.05) is 6.07 Å². The molecular weight excluding hydrogens is 402 g/mol. The highest BCUT2D eigenvalue weighted by Crippen LogP contribution is 2.61. The fourth-order valence-electron chi connectivity index (χ4n) is 6.80. The second-order valence-electron chi connectivity index (χ2n) is 9.89. The normalized spacial score (nSPS) is 30.0. The summed E-state index contributed by atoms with van der Waals surface area (Å²) < 4.78 is 32.8. The highest BCUT2D eigenvalue weighted by atomic mass is 31.2. The third-order valence-corrected chi connectivity index (χ3v) is 8.48. The van der Waals surface area contributed by atoms with Gasteiger partial charge in [0.05, 0.1) is 5.30 Å². The third kappa shape index (κ3) is 3.41. The van der Waals surface area contributed by atoms with Gasteiger partial charge in [0.25, 0.3) is 0 Å². The van der Waals surface area contributed by atoms with Crippen LogP contribution in [0.15, 0.2) is 30.3 Å². The first kappa shape index (κ1) is 20.2. The minimum Gasteiger partial charge on any atom is -0.457 e. The Kier molecular flexibility index (Phi) is 4.66. The van der Waals surface area contributed by atoms with Crippen LogP contribution in [-0.4, -0.2) is 9.79 Å². The van der Waals surface area contributed by atoms with Crippen molar-refractivity contribution in [3.8, 4) is 11.5 Å². The van der Waals surface area contributed by atoms with Crippen LogP contribution in [0.3, 0.4) is 0 Å². The van der Waals surface area contributed by atoms with E-state index in [4.69, 9.17) is 4.74 Å². The summed E-state index contributed by atoms with van der Waals surface area (Å²) in [6.07, 6.45) is 7.30. The van der Waals surface area contributed by atoms with Crippen molar-refractivity contribution < 1.29 is 23.5 Å². The molecule has 30 heavy (non-hydrogen) atoms. The molecule has 4 nitrogen and oxygen atoms in total. The zero-order valence-electron chi connectivity index (χ0n) is 17.4. The first-order chi connectivity index (χ1) is 14.1. The fraction of sp³-hybridized carbons (Fsp3) is 0.500. The monoisotopic (exact) mass is 430 g/mol. The van der Waals surface area contributed by atoms with Crippen molar-refractivity contribution in [1.29, 1.82) is 0 Å². The Morgan fingerprint density at radius 3 is 1.97 bits per heavy atom. The van der Waals surface area contributed by atoms with Crippen LogP contribution in [0.5, 0.6) is 11.5 Å². The van der Waals surface area contributed by atoms with Crippen LogP contribution in [0.2, 0.25) is 0 Å². The summed E-state index contributed by atoms with van der Waals surface area (Å²) in [7, 11) is -4.33.